The van der Waals surface area contributed by atoms with Crippen molar-refractivity contribution in [1.82, 2.24) is 0 Å². The summed E-state index contributed by atoms with van der Waals surface area (Å²) >= 11 is 0. The van der Waals surface area contributed by atoms with Crippen LogP contribution in [-0.4, -0.2) is 22.0 Å². The molecule has 46 valence electrons. The van der Waals surface area contributed by atoms with E-state index in [-0.39, 0.29) is 34.1 Å². The van der Waals surface area contributed by atoms with E-state index in [4.69, 9.17) is 19.2 Å². The summed E-state index contributed by atoms with van der Waals surface area (Å²) in [6, 6.07) is 0. The fourth-order valence-corrected chi connectivity index (χ4v) is 0. The van der Waals surface area contributed by atoms with Gasteiger partial charge in [0, 0.05) is 0 Å². The summed E-state index contributed by atoms with van der Waals surface area (Å²) < 4.78 is 8.66. The first kappa shape index (κ1) is 15.7. The number of hydrogen-bond donors (Lipinski definition) is 1. The van der Waals surface area contributed by atoms with Crippen molar-refractivity contribution >= 4 is 24.9 Å². The van der Waals surface area contributed by atoms with Crippen molar-refractivity contribution in [3.63, 3.8) is 0 Å². The van der Waals surface area contributed by atoms with Gasteiger partial charge in [0.1, 0.15) is 0 Å². The van der Waals surface area contributed by atoms with Crippen molar-refractivity contribution in [2.24, 2.45) is 0 Å². The first-order valence-corrected chi connectivity index (χ1v) is 2.24. The van der Waals surface area contributed by atoms with Crippen LogP contribution in [0, 0.1) is 0 Å². The quantitative estimate of drug-likeness (QED) is 0.354. The summed E-state index contributed by atoms with van der Waals surface area (Å²) in [5.41, 5.74) is 0. The van der Waals surface area contributed by atoms with Crippen molar-refractivity contribution < 1.29 is 36.3 Å². The Labute approximate surface area is 61.5 Å². The molecule has 0 unspecified atom stereocenters. The molecule has 0 saturated carbocycles. The van der Waals surface area contributed by atoms with Gasteiger partial charge in [0.05, 0.1) is 7.82 Å². The van der Waals surface area contributed by atoms with Gasteiger partial charge in [-0.05, 0) is 0 Å². The van der Waals surface area contributed by atoms with Crippen LogP contribution in [0.1, 0.15) is 0 Å². The predicted molar refractivity (Wildman–Crippen MR) is 18.4 cm³/mol. The van der Waals surface area contributed by atoms with Crippen LogP contribution in [0.5, 0.6) is 0 Å². The van der Waals surface area contributed by atoms with Crippen LogP contribution in [0.25, 0.3) is 0 Å². The van der Waals surface area contributed by atoms with E-state index >= 15 is 0 Å². The number of rotatable bonds is 0. The molecule has 4 nitrogen and oxygen atoms in total. The predicted octanol–water partition coefficient (Wildman–Crippen LogP) is -3.11. The van der Waals surface area contributed by atoms with E-state index in [1.807, 2.05) is 0 Å². The molecule has 0 aromatic rings. The zero-order valence-corrected chi connectivity index (χ0v) is 7.07. The molecule has 0 aromatic heterocycles. The molecule has 7 heteroatoms. The van der Waals surface area contributed by atoms with E-state index in [9.17, 15) is 0 Å². The second-order valence-corrected chi connectivity index (χ2v) is 1.41. The molecule has 7 heavy (non-hydrogen) atoms. The van der Waals surface area contributed by atoms with Crippen LogP contribution in [0.2, 0.25) is 0 Å². The Hall–Kier alpha value is 1.15. The molecule has 0 fully saturated rings. The van der Waals surface area contributed by atoms with Crippen LogP contribution < -0.4 is 9.79 Å². The van der Waals surface area contributed by atoms with Crippen molar-refractivity contribution in [1.29, 1.82) is 0 Å². The van der Waals surface area contributed by atoms with Gasteiger partial charge >= 0.3 is 34.1 Å². The van der Waals surface area contributed by atoms with Gasteiger partial charge in [-0.25, -0.2) is 0 Å². The van der Waals surface area contributed by atoms with Gasteiger partial charge in [0.25, 0.3) is 0 Å². The average molecular weight is 233 g/mol. The summed E-state index contributed by atoms with van der Waals surface area (Å²) in [6.45, 7) is 0. The molecular weight excluding hydrogens is 230 g/mol. The summed E-state index contributed by atoms with van der Waals surface area (Å²) in [5, 5.41) is 0. The molecule has 0 atom stereocenters. The minimum atomic E-state index is -5.14. The van der Waals surface area contributed by atoms with E-state index in [0.29, 0.717) is 0 Å². The molecule has 0 aromatic carbocycles. The normalized spacial score (nSPS) is 8.43. The maximum absolute atomic E-state index is 8.66. The zero-order chi connectivity index (χ0) is 4.50. The first-order valence-electron chi connectivity index (χ1n) is 0.748. The van der Waals surface area contributed by atoms with E-state index in [2.05, 4.69) is 0 Å². The summed E-state index contributed by atoms with van der Waals surface area (Å²) in [7, 11) is -5.14. The Morgan fingerprint density at radius 3 is 1.43 bits per heavy atom. The molecule has 0 heterocycles. The zero-order valence-electron chi connectivity index (χ0n) is 2.97. The maximum atomic E-state index is 8.66. The first-order chi connectivity index (χ1) is 2.00. The second-order valence-electron chi connectivity index (χ2n) is 0.469. The molecule has 0 amide bonds. The Kier molecular flexibility index (Phi) is 11.9. The van der Waals surface area contributed by atoms with Crippen LogP contribution in [0.4, 0.5) is 0 Å². The van der Waals surface area contributed by atoms with Gasteiger partial charge in [-0.2, -0.15) is 0 Å². The Balaban J connectivity index is -0.0000000800. The summed E-state index contributed by atoms with van der Waals surface area (Å²) in [5.74, 6) is 0. The van der Waals surface area contributed by atoms with Gasteiger partial charge < -0.3 is 19.2 Å². The van der Waals surface area contributed by atoms with Crippen LogP contribution in [0.3, 0.4) is 0 Å². The Morgan fingerprint density at radius 2 is 1.43 bits per heavy atom. The van der Waals surface area contributed by atoms with E-state index in [1.54, 1.807) is 0 Å². The van der Waals surface area contributed by atoms with Crippen LogP contribution in [-0.2, 0) is 21.6 Å². The molecule has 1 N–H and O–H groups in total. The van der Waals surface area contributed by atoms with E-state index in [0.717, 1.165) is 0 Å². The third kappa shape index (κ3) is 144. The average Bonchev–Trinajstić information content (AvgIpc) is 0.722. The molecule has 0 rings (SSSR count). The number of phosphoric acid groups is 1. The molecule has 0 saturated heterocycles. The monoisotopic (exact) mass is 234 g/mol. The Bertz CT molecular complexity index is 57.8. The minimum absolute atomic E-state index is 0. The fourth-order valence-electron chi connectivity index (χ4n) is 0. The molecule has 0 spiro atoms. The van der Waals surface area contributed by atoms with Gasteiger partial charge in [-0.1, -0.05) is 0 Å². The topological polar surface area (TPSA) is 83.4 Å². The SMILES string of the molecule is O=P([O-])([O-])O.[Fe+2].[SeH2]. The molecular formula is H3FeO4PSe. The third-order valence-electron chi connectivity index (χ3n) is 0. The van der Waals surface area contributed by atoms with Crippen molar-refractivity contribution in [2.75, 3.05) is 0 Å². The van der Waals surface area contributed by atoms with Gasteiger partial charge in [0.2, 0.25) is 0 Å². The van der Waals surface area contributed by atoms with Gasteiger partial charge in [-0.3, -0.25) is 0 Å². The molecule has 0 aliphatic heterocycles. The Morgan fingerprint density at radius 1 is 1.43 bits per heavy atom. The van der Waals surface area contributed by atoms with Crippen molar-refractivity contribution in [2.45, 2.75) is 0 Å². The standard InChI is InChI=1S/Fe.H3O4P.H2Se/c;1-5(2,3)4;/h;(H3,1,2,3,4);1H2/q+2;;/p-2. The molecule has 0 radical (unpaired) electrons. The summed E-state index contributed by atoms with van der Waals surface area (Å²) in [4.78, 5) is 24.3. The van der Waals surface area contributed by atoms with Gasteiger partial charge in [0.15, 0.2) is 0 Å². The molecule has 0 aliphatic carbocycles. The van der Waals surface area contributed by atoms with E-state index < -0.39 is 7.82 Å². The molecule has 0 aliphatic rings. The fraction of sp³-hybridized carbons (Fsp3) is 0. The van der Waals surface area contributed by atoms with Crippen molar-refractivity contribution in [3.8, 4) is 0 Å². The van der Waals surface area contributed by atoms with Crippen LogP contribution >= 0.6 is 7.82 Å². The van der Waals surface area contributed by atoms with E-state index in [1.165, 1.54) is 0 Å². The van der Waals surface area contributed by atoms with Crippen LogP contribution in [0.15, 0.2) is 0 Å². The molecule has 0 bridgehead atoms. The van der Waals surface area contributed by atoms with Crippen molar-refractivity contribution in [3.05, 3.63) is 0 Å². The number of hydrogen-bond acceptors (Lipinski definition) is 3. The summed E-state index contributed by atoms with van der Waals surface area (Å²) in [6.07, 6.45) is 0. The second kappa shape index (κ2) is 5.29. The third-order valence-corrected chi connectivity index (χ3v) is 0. The van der Waals surface area contributed by atoms with Gasteiger partial charge in [-0.15, -0.1) is 0 Å².